The van der Waals surface area contributed by atoms with Crippen molar-refractivity contribution in [3.8, 4) is 0 Å². The highest BCUT2D eigenvalue weighted by atomic mass is 35.5. The predicted octanol–water partition coefficient (Wildman–Crippen LogP) is 0.899. The van der Waals surface area contributed by atoms with Crippen LogP contribution in [0.25, 0.3) is 0 Å². The second-order valence-corrected chi connectivity index (χ2v) is 4.64. The van der Waals surface area contributed by atoms with Gasteiger partial charge in [0, 0.05) is 25.2 Å². The summed E-state index contributed by atoms with van der Waals surface area (Å²) in [6, 6.07) is 0.866. The average molecular weight is 242 g/mol. The maximum Gasteiger partial charge on any atom is 0.171 e. The molecule has 1 fully saturated rings. The fraction of sp³-hybridized carbons (Fsp3) is 0.600. The van der Waals surface area contributed by atoms with Gasteiger partial charge in [-0.05, 0) is 13.8 Å². The standard InChI is InChI=1S/C10H16ClN5/c1-6-4-16(5-7(2)14-6)8-3-13-9(11)10(12)15-8/h3,6-7,14H,4-5H2,1-2H3,(H2,12,15)/t6-,7+. The van der Waals surface area contributed by atoms with Crippen LogP contribution in [0, 0.1) is 0 Å². The van der Waals surface area contributed by atoms with E-state index in [9.17, 15) is 0 Å². The maximum atomic E-state index is 5.75. The number of hydrogen-bond donors (Lipinski definition) is 2. The molecule has 1 aromatic rings. The number of halogens is 1. The van der Waals surface area contributed by atoms with Gasteiger partial charge < -0.3 is 16.0 Å². The number of hydrogen-bond acceptors (Lipinski definition) is 5. The minimum Gasteiger partial charge on any atom is -0.381 e. The van der Waals surface area contributed by atoms with Crippen LogP contribution in [0.4, 0.5) is 11.6 Å². The largest absolute Gasteiger partial charge is 0.381 e. The molecule has 2 atom stereocenters. The van der Waals surface area contributed by atoms with Crippen molar-refractivity contribution in [2.24, 2.45) is 0 Å². The van der Waals surface area contributed by atoms with E-state index in [0.717, 1.165) is 18.9 Å². The first-order valence-corrected chi connectivity index (χ1v) is 5.73. The summed E-state index contributed by atoms with van der Waals surface area (Å²) in [7, 11) is 0. The molecule has 0 spiro atoms. The molecule has 6 heteroatoms. The smallest absolute Gasteiger partial charge is 0.171 e. The van der Waals surface area contributed by atoms with Crippen LogP contribution in [0.3, 0.4) is 0 Å². The Hall–Kier alpha value is -1.07. The van der Waals surface area contributed by atoms with E-state index >= 15 is 0 Å². The van der Waals surface area contributed by atoms with Crippen molar-refractivity contribution in [3.05, 3.63) is 11.3 Å². The van der Waals surface area contributed by atoms with Crippen molar-refractivity contribution < 1.29 is 0 Å². The molecule has 1 saturated heterocycles. The third kappa shape index (κ3) is 2.36. The summed E-state index contributed by atoms with van der Waals surface area (Å²) in [5.74, 6) is 1.08. The SMILES string of the molecule is C[C@@H]1CN(c2cnc(Cl)c(N)n2)C[C@H](C)N1. The first-order valence-electron chi connectivity index (χ1n) is 5.35. The summed E-state index contributed by atoms with van der Waals surface area (Å²) in [4.78, 5) is 10.4. The lowest BCUT2D eigenvalue weighted by atomic mass is 10.1. The zero-order valence-electron chi connectivity index (χ0n) is 9.44. The van der Waals surface area contributed by atoms with Gasteiger partial charge in [0.1, 0.15) is 5.82 Å². The molecule has 5 nitrogen and oxygen atoms in total. The number of rotatable bonds is 1. The molecule has 0 saturated carbocycles. The average Bonchev–Trinajstić information content (AvgIpc) is 2.20. The number of nitrogens with zero attached hydrogens (tertiary/aromatic N) is 3. The molecule has 2 rings (SSSR count). The van der Waals surface area contributed by atoms with Gasteiger partial charge in [0.2, 0.25) is 0 Å². The molecule has 0 unspecified atom stereocenters. The van der Waals surface area contributed by atoms with Crippen molar-refractivity contribution in [1.29, 1.82) is 0 Å². The molecule has 0 aromatic carbocycles. The summed E-state index contributed by atoms with van der Waals surface area (Å²) in [6.07, 6.45) is 1.67. The minimum absolute atomic E-state index is 0.264. The number of piperazine rings is 1. The van der Waals surface area contributed by atoms with Crippen LogP contribution in [0.5, 0.6) is 0 Å². The van der Waals surface area contributed by atoms with E-state index in [-0.39, 0.29) is 11.0 Å². The molecule has 1 aliphatic heterocycles. The van der Waals surface area contributed by atoms with Gasteiger partial charge >= 0.3 is 0 Å². The second-order valence-electron chi connectivity index (χ2n) is 4.28. The van der Waals surface area contributed by atoms with Crippen LogP contribution in [-0.2, 0) is 0 Å². The van der Waals surface area contributed by atoms with Gasteiger partial charge in [0.15, 0.2) is 11.0 Å². The molecular formula is C10H16ClN5. The van der Waals surface area contributed by atoms with E-state index in [2.05, 4.69) is 34.0 Å². The zero-order valence-corrected chi connectivity index (χ0v) is 10.2. The van der Waals surface area contributed by atoms with Crippen LogP contribution >= 0.6 is 11.6 Å². The Labute approximate surface area is 100 Å². The van der Waals surface area contributed by atoms with Crippen LogP contribution in [-0.4, -0.2) is 35.1 Å². The van der Waals surface area contributed by atoms with Crippen molar-refractivity contribution in [2.45, 2.75) is 25.9 Å². The monoisotopic (exact) mass is 241 g/mol. The fourth-order valence-electron chi connectivity index (χ4n) is 2.05. The van der Waals surface area contributed by atoms with E-state index in [1.54, 1.807) is 6.20 Å². The summed E-state index contributed by atoms with van der Waals surface area (Å²) in [6.45, 7) is 6.10. The molecule has 0 bridgehead atoms. The molecule has 1 aromatic heterocycles. The van der Waals surface area contributed by atoms with Crippen LogP contribution in [0.1, 0.15) is 13.8 Å². The zero-order chi connectivity index (χ0) is 11.7. The van der Waals surface area contributed by atoms with Crippen molar-refractivity contribution in [1.82, 2.24) is 15.3 Å². The Morgan fingerprint density at radius 1 is 1.44 bits per heavy atom. The normalized spacial score (nSPS) is 25.8. The van der Waals surface area contributed by atoms with E-state index in [1.165, 1.54) is 0 Å². The Morgan fingerprint density at radius 3 is 2.62 bits per heavy atom. The number of nitrogens with two attached hydrogens (primary N) is 1. The molecule has 0 radical (unpaired) electrons. The highest BCUT2D eigenvalue weighted by molar-refractivity contribution is 6.31. The Bertz CT molecular complexity index is 373. The van der Waals surface area contributed by atoms with Gasteiger partial charge in [-0.3, -0.25) is 0 Å². The van der Waals surface area contributed by atoms with Gasteiger partial charge in [0.25, 0.3) is 0 Å². The first-order chi connectivity index (χ1) is 7.56. The number of aromatic nitrogens is 2. The van der Waals surface area contributed by atoms with E-state index in [4.69, 9.17) is 17.3 Å². The van der Waals surface area contributed by atoms with Gasteiger partial charge in [-0.2, -0.15) is 0 Å². The molecule has 88 valence electrons. The molecule has 16 heavy (non-hydrogen) atoms. The Kier molecular flexibility index (Phi) is 3.16. The highest BCUT2D eigenvalue weighted by Crippen LogP contribution is 2.19. The number of anilines is 2. The van der Waals surface area contributed by atoms with Gasteiger partial charge in [0.05, 0.1) is 6.20 Å². The quantitative estimate of drug-likeness (QED) is 0.765. The Balaban J connectivity index is 2.19. The fourth-order valence-corrected chi connectivity index (χ4v) is 2.14. The van der Waals surface area contributed by atoms with Crippen molar-refractivity contribution in [2.75, 3.05) is 23.7 Å². The highest BCUT2D eigenvalue weighted by Gasteiger charge is 2.22. The third-order valence-corrected chi connectivity index (χ3v) is 2.91. The van der Waals surface area contributed by atoms with Crippen LogP contribution in [0.15, 0.2) is 6.20 Å². The second kappa shape index (κ2) is 4.43. The molecule has 1 aliphatic rings. The predicted molar refractivity (Wildman–Crippen MR) is 65.7 cm³/mol. The Morgan fingerprint density at radius 2 is 2.06 bits per heavy atom. The maximum absolute atomic E-state index is 5.75. The van der Waals surface area contributed by atoms with Gasteiger partial charge in [-0.25, -0.2) is 9.97 Å². The van der Waals surface area contributed by atoms with Gasteiger partial charge in [-0.1, -0.05) is 11.6 Å². The summed E-state index contributed by atoms with van der Waals surface area (Å²) in [5, 5.41) is 3.72. The summed E-state index contributed by atoms with van der Waals surface area (Å²) in [5.41, 5.74) is 5.65. The third-order valence-electron chi connectivity index (χ3n) is 2.62. The number of nitrogen functional groups attached to an aromatic ring is 1. The lowest BCUT2D eigenvalue weighted by molar-refractivity contribution is 0.405. The van der Waals surface area contributed by atoms with Crippen LogP contribution < -0.4 is 16.0 Å². The molecule has 0 aliphatic carbocycles. The minimum atomic E-state index is 0.264. The molecule has 2 heterocycles. The molecular weight excluding hydrogens is 226 g/mol. The van der Waals surface area contributed by atoms with Gasteiger partial charge in [-0.15, -0.1) is 0 Å². The summed E-state index contributed by atoms with van der Waals surface area (Å²) < 4.78 is 0. The molecule has 3 N–H and O–H groups in total. The first kappa shape index (κ1) is 11.4. The lowest BCUT2D eigenvalue weighted by Crippen LogP contribution is -2.54. The van der Waals surface area contributed by atoms with Crippen molar-refractivity contribution >= 4 is 23.2 Å². The number of nitrogens with one attached hydrogen (secondary N) is 1. The van der Waals surface area contributed by atoms with E-state index in [1.807, 2.05) is 0 Å². The topological polar surface area (TPSA) is 67.1 Å². The lowest BCUT2D eigenvalue weighted by Gasteiger charge is -2.36. The van der Waals surface area contributed by atoms with Crippen molar-refractivity contribution in [3.63, 3.8) is 0 Å². The van der Waals surface area contributed by atoms with E-state index in [0.29, 0.717) is 12.1 Å². The van der Waals surface area contributed by atoms with Crippen LogP contribution in [0.2, 0.25) is 5.15 Å². The summed E-state index contributed by atoms with van der Waals surface area (Å²) >= 11 is 5.75. The molecule has 0 amide bonds. The van der Waals surface area contributed by atoms with E-state index < -0.39 is 0 Å².